The van der Waals surface area contributed by atoms with Gasteiger partial charge in [-0.3, -0.25) is 0 Å². The molecule has 1 aliphatic carbocycles. The Balaban J connectivity index is 1.78. The molecule has 0 saturated carbocycles. The first kappa shape index (κ1) is 17.9. The van der Waals surface area contributed by atoms with Crippen LogP contribution >= 0.6 is 0 Å². The highest BCUT2D eigenvalue weighted by atomic mass is 32.2. The molecule has 0 amide bonds. The third kappa shape index (κ3) is 7.12. The summed E-state index contributed by atoms with van der Waals surface area (Å²) in [6.45, 7) is 1.48. The molecule has 0 fully saturated rings. The molecule has 1 atom stereocenters. The minimum Gasteiger partial charge on any atom is -0.315 e. The van der Waals surface area contributed by atoms with Gasteiger partial charge in [0.25, 0.3) is 0 Å². The zero-order valence-electron chi connectivity index (χ0n) is 13.7. The molecule has 5 heteroatoms. The summed E-state index contributed by atoms with van der Waals surface area (Å²) in [7, 11) is -3.24. The van der Waals surface area contributed by atoms with Crippen molar-refractivity contribution in [2.24, 2.45) is 0 Å². The Morgan fingerprint density at radius 1 is 1.17 bits per heavy atom. The van der Waals surface area contributed by atoms with Gasteiger partial charge in [-0.05, 0) is 37.8 Å². The van der Waals surface area contributed by atoms with Gasteiger partial charge in [-0.25, -0.2) is 13.1 Å². The van der Waals surface area contributed by atoms with Crippen LogP contribution in [0.25, 0.3) is 0 Å². The van der Waals surface area contributed by atoms with Gasteiger partial charge in [0.15, 0.2) is 0 Å². The molecule has 0 bridgehead atoms. The van der Waals surface area contributed by atoms with Crippen molar-refractivity contribution in [3.8, 4) is 0 Å². The second-order valence-corrected chi connectivity index (χ2v) is 7.71. The summed E-state index contributed by atoms with van der Waals surface area (Å²) in [5, 5.41) is 3.37. The fourth-order valence-corrected chi connectivity index (χ4v) is 3.45. The van der Waals surface area contributed by atoms with Crippen molar-refractivity contribution in [3.05, 3.63) is 59.7 Å². The van der Waals surface area contributed by atoms with Gasteiger partial charge in [-0.15, -0.1) is 0 Å². The van der Waals surface area contributed by atoms with Crippen LogP contribution in [0.2, 0.25) is 0 Å². The maximum absolute atomic E-state index is 11.6. The molecule has 0 radical (unpaired) electrons. The summed E-state index contributed by atoms with van der Waals surface area (Å²) in [6.07, 6.45) is 12.2. The van der Waals surface area contributed by atoms with E-state index >= 15 is 0 Å². The normalized spacial score (nSPS) is 16.1. The highest BCUT2D eigenvalue weighted by molar-refractivity contribution is 7.88. The average Bonchev–Trinajstić information content (AvgIpc) is 2.54. The summed E-state index contributed by atoms with van der Waals surface area (Å²) in [4.78, 5) is 0. The smallest absolute Gasteiger partial charge is 0.209 e. The van der Waals surface area contributed by atoms with Crippen LogP contribution in [0.4, 0.5) is 0 Å². The maximum Gasteiger partial charge on any atom is 0.209 e. The zero-order chi connectivity index (χ0) is 16.5. The van der Waals surface area contributed by atoms with Crippen LogP contribution in [0.15, 0.2) is 54.1 Å². The van der Waals surface area contributed by atoms with Gasteiger partial charge in [0.05, 0.1) is 12.3 Å². The van der Waals surface area contributed by atoms with Gasteiger partial charge in [0.1, 0.15) is 0 Å². The molecule has 1 aromatic carbocycles. The molecular weight excluding hydrogens is 308 g/mol. The lowest BCUT2D eigenvalue weighted by Crippen LogP contribution is -2.35. The summed E-state index contributed by atoms with van der Waals surface area (Å²) in [5.74, 6) is 0. The molecule has 0 aromatic heterocycles. The predicted molar refractivity (Wildman–Crippen MR) is 95.7 cm³/mol. The van der Waals surface area contributed by atoms with Crippen molar-refractivity contribution in [1.29, 1.82) is 0 Å². The van der Waals surface area contributed by atoms with Gasteiger partial charge in [0.2, 0.25) is 10.0 Å². The Hall–Kier alpha value is -1.43. The molecule has 0 aliphatic heterocycles. The summed E-state index contributed by atoms with van der Waals surface area (Å²) in [6, 6.07) is 9.45. The van der Waals surface area contributed by atoms with E-state index in [0.717, 1.165) is 37.8 Å². The molecule has 1 aliphatic rings. The van der Waals surface area contributed by atoms with Crippen molar-refractivity contribution in [2.45, 2.75) is 31.7 Å². The Morgan fingerprint density at radius 3 is 2.61 bits per heavy atom. The molecule has 23 heavy (non-hydrogen) atoms. The molecule has 0 spiro atoms. The lowest BCUT2D eigenvalue weighted by molar-refractivity contribution is 0.527. The fourth-order valence-electron chi connectivity index (χ4n) is 2.71. The number of benzene rings is 1. The van der Waals surface area contributed by atoms with Crippen LogP contribution < -0.4 is 10.0 Å². The van der Waals surface area contributed by atoms with Crippen LogP contribution in [0.1, 0.15) is 37.3 Å². The number of rotatable bonds is 9. The van der Waals surface area contributed by atoms with Gasteiger partial charge in [-0.1, -0.05) is 54.1 Å². The number of hydrogen-bond donors (Lipinski definition) is 2. The van der Waals surface area contributed by atoms with Crippen molar-refractivity contribution in [2.75, 3.05) is 19.3 Å². The van der Waals surface area contributed by atoms with Crippen molar-refractivity contribution in [1.82, 2.24) is 10.0 Å². The summed E-state index contributed by atoms with van der Waals surface area (Å²) >= 11 is 0. The quantitative estimate of drug-likeness (QED) is 0.539. The van der Waals surface area contributed by atoms with Gasteiger partial charge in [0, 0.05) is 6.54 Å². The lowest BCUT2D eigenvalue weighted by atomic mass is 10.0. The van der Waals surface area contributed by atoms with E-state index in [1.54, 1.807) is 0 Å². The predicted octanol–water partition coefficient (Wildman–Crippen LogP) is 2.92. The van der Waals surface area contributed by atoms with E-state index in [1.165, 1.54) is 11.8 Å². The van der Waals surface area contributed by atoms with E-state index in [2.05, 4.69) is 28.3 Å². The number of sulfonamides is 1. The number of hydrogen-bond acceptors (Lipinski definition) is 3. The first-order valence-corrected chi connectivity index (χ1v) is 9.99. The SMILES string of the molecule is CS(=O)(=O)N[C@H](CNCCCC1=CCC=CC1)c1ccccc1. The molecule has 1 aromatic rings. The standard InChI is InChI=1S/C18H26N2O2S/c1-23(21,22)20-18(17-12-6-3-7-13-17)15-19-14-8-11-16-9-4-2-5-10-16/h2-4,6-7,10,12-13,18-20H,5,8-9,11,14-15H2,1H3/t18-/m1/s1. The summed E-state index contributed by atoms with van der Waals surface area (Å²) < 4.78 is 25.8. The second kappa shape index (κ2) is 9.01. The van der Waals surface area contributed by atoms with Crippen LogP contribution in [0, 0.1) is 0 Å². The maximum atomic E-state index is 11.6. The third-order valence-corrected chi connectivity index (χ3v) is 4.56. The third-order valence-electron chi connectivity index (χ3n) is 3.85. The van der Waals surface area contributed by atoms with Gasteiger partial charge < -0.3 is 5.32 Å². The highest BCUT2D eigenvalue weighted by Crippen LogP contribution is 2.16. The van der Waals surface area contributed by atoms with E-state index in [0.29, 0.717) is 6.54 Å². The van der Waals surface area contributed by atoms with E-state index in [4.69, 9.17) is 0 Å². The molecular formula is C18H26N2O2S. The topological polar surface area (TPSA) is 58.2 Å². The van der Waals surface area contributed by atoms with Gasteiger partial charge >= 0.3 is 0 Å². The van der Waals surface area contributed by atoms with E-state index in [9.17, 15) is 8.42 Å². The molecule has 2 N–H and O–H groups in total. The fraction of sp³-hybridized carbons (Fsp3) is 0.444. The van der Waals surface area contributed by atoms with Crippen LogP contribution in [-0.4, -0.2) is 27.8 Å². The van der Waals surface area contributed by atoms with E-state index in [-0.39, 0.29) is 6.04 Å². The largest absolute Gasteiger partial charge is 0.315 e. The molecule has 4 nitrogen and oxygen atoms in total. The Labute approximate surface area is 139 Å². The monoisotopic (exact) mass is 334 g/mol. The van der Waals surface area contributed by atoms with Crippen molar-refractivity contribution < 1.29 is 8.42 Å². The zero-order valence-corrected chi connectivity index (χ0v) is 14.5. The molecule has 0 unspecified atom stereocenters. The van der Waals surface area contributed by atoms with E-state index in [1.807, 2.05) is 30.3 Å². The van der Waals surface area contributed by atoms with Gasteiger partial charge in [-0.2, -0.15) is 0 Å². The molecule has 0 saturated heterocycles. The minimum atomic E-state index is -3.24. The lowest BCUT2D eigenvalue weighted by Gasteiger charge is -2.19. The van der Waals surface area contributed by atoms with Crippen LogP contribution in [-0.2, 0) is 10.0 Å². The highest BCUT2D eigenvalue weighted by Gasteiger charge is 2.15. The molecule has 126 valence electrons. The molecule has 2 rings (SSSR count). The summed E-state index contributed by atoms with van der Waals surface area (Å²) in [5.41, 5.74) is 2.48. The van der Waals surface area contributed by atoms with Crippen molar-refractivity contribution in [3.63, 3.8) is 0 Å². The Kier molecular flexibility index (Phi) is 7.02. The van der Waals surface area contributed by atoms with Crippen LogP contribution in [0.5, 0.6) is 0 Å². The average molecular weight is 334 g/mol. The minimum absolute atomic E-state index is 0.233. The van der Waals surface area contributed by atoms with Crippen molar-refractivity contribution >= 4 is 10.0 Å². The first-order valence-electron chi connectivity index (χ1n) is 8.10. The molecule has 0 heterocycles. The number of nitrogens with one attached hydrogen (secondary N) is 2. The number of allylic oxidation sites excluding steroid dienone is 4. The Bertz CT molecular complexity index is 636. The van der Waals surface area contributed by atoms with E-state index < -0.39 is 10.0 Å². The second-order valence-electron chi connectivity index (χ2n) is 5.93. The first-order chi connectivity index (χ1) is 11.0. The van der Waals surface area contributed by atoms with Crippen LogP contribution in [0.3, 0.4) is 0 Å². The Morgan fingerprint density at radius 2 is 1.96 bits per heavy atom.